The van der Waals surface area contributed by atoms with Crippen LogP contribution in [0, 0.1) is 0 Å². The molecule has 19 heavy (non-hydrogen) atoms. The fraction of sp³-hybridized carbons (Fsp3) is 0.875. The molecule has 2 unspecified atom stereocenters. The third-order valence-corrected chi connectivity index (χ3v) is 4.81. The first kappa shape index (κ1) is 15.0. The maximum absolute atomic E-state index is 6.49. The van der Waals surface area contributed by atoms with Crippen LogP contribution in [0.1, 0.15) is 44.9 Å². The lowest BCUT2D eigenvalue weighted by atomic mass is 9.91. The molecule has 0 aromatic carbocycles. The molecule has 0 amide bonds. The van der Waals surface area contributed by atoms with Crippen molar-refractivity contribution in [2.45, 2.75) is 57.0 Å². The summed E-state index contributed by atoms with van der Waals surface area (Å²) in [6.45, 7) is 3.52. The van der Waals surface area contributed by atoms with E-state index in [0.717, 1.165) is 13.0 Å². The Kier molecular flexibility index (Phi) is 5.86. The van der Waals surface area contributed by atoms with Gasteiger partial charge in [0, 0.05) is 31.7 Å². The molecule has 2 atom stereocenters. The number of nitrogens with zero attached hydrogens (tertiary/aromatic N) is 2. The third kappa shape index (κ3) is 4.59. The lowest BCUT2D eigenvalue weighted by molar-refractivity contribution is 0.106. The lowest BCUT2D eigenvalue weighted by Gasteiger charge is -2.39. The van der Waals surface area contributed by atoms with Crippen molar-refractivity contribution in [2.24, 2.45) is 5.73 Å². The molecule has 0 radical (unpaired) electrons. The van der Waals surface area contributed by atoms with E-state index in [2.05, 4.69) is 30.0 Å². The summed E-state index contributed by atoms with van der Waals surface area (Å²) in [5.74, 6) is 0. The molecule has 1 saturated heterocycles. The van der Waals surface area contributed by atoms with Crippen LogP contribution in [-0.4, -0.2) is 55.6 Å². The molecule has 1 aliphatic heterocycles. The van der Waals surface area contributed by atoms with Gasteiger partial charge in [-0.25, -0.2) is 0 Å². The molecule has 3 nitrogen and oxygen atoms in total. The lowest BCUT2D eigenvalue weighted by Crippen LogP contribution is -2.51. The van der Waals surface area contributed by atoms with Gasteiger partial charge < -0.3 is 15.5 Å². The Labute approximate surface area is 118 Å². The van der Waals surface area contributed by atoms with E-state index < -0.39 is 0 Å². The molecule has 0 bridgehead atoms. The van der Waals surface area contributed by atoms with Gasteiger partial charge in [0.25, 0.3) is 0 Å². The predicted octanol–water partition coefficient (Wildman–Crippen LogP) is 2.23. The Hall–Kier alpha value is -0.380. The number of likely N-dealkylation sites (N-methyl/N-ethyl adjacent to an activating group) is 2. The number of rotatable bonds is 3. The van der Waals surface area contributed by atoms with Gasteiger partial charge in [-0.05, 0) is 46.2 Å². The average molecular weight is 265 g/mol. The van der Waals surface area contributed by atoms with E-state index in [1.54, 1.807) is 0 Å². The van der Waals surface area contributed by atoms with Crippen LogP contribution in [0.5, 0.6) is 0 Å². The van der Waals surface area contributed by atoms with Crippen molar-refractivity contribution in [3.05, 3.63) is 11.6 Å². The summed E-state index contributed by atoms with van der Waals surface area (Å²) in [6.07, 6.45) is 11.5. The van der Waals surface area contributed by atoms with Crippen molar-refractivity contribution in [2.75, 3.05) is 33.7 Å². The molecule has 1 fully saturated rings. The molecule has 1 aliphatic carbocycles. The van der Waals surface area contributed by atoms with Gasteiger partial charge in [0.15, 0.2) is 0 Å². The first-order valence-corrected chi connectivity index (χ1v) is 8.00. The highest BCUT2D eigenvalue weighted by molar-refractivity contribution is 5.11. The molecule has 110 valence electrons. The summed E-state index contributed by atoms with van der Waals surface area (Å²) in [4.78, 5) is 4.92. The van der Waals surface area contributed by atoms with Gasteiger partial charge in [-0.15, -0.1) is 0 Å². The van der Waals surface area contributed by atoms with Gasteiger partial charge in [-0.1, -0.05) is 24.5 Å². The third-order valence-electron chi connectivity index (χ3n) is 4.81. The zero-order valence-corrected chi connectivity index (χ0v) is 12.8. The van der Waals surface area contributed by atoms with Crippen LogP contribution >= 0.6 is 0 Å². The minimum atomic E-state index is 0.275. The Morgan fingerprint density at radius 2 is 2.00 bits per heavy atom. The number of hydrogen-bond donors (Lipinski definition) is 1. The summed E-state index contributed by atoms with van der Waals surface area (Å²) in [7, 11) is 4.47. The van der Waals surface area contributed by atoms with Crippen molar-refractivity contribution in [1.82, 2.24) is 9.80 Å². The molecule has 0 saturated carbocycles. The topological polar surface area (TPSA) is 32.5 Å². The molecule has 0 aromatic rings. The first-order valence-electron chi connectivity index (χ1n) is 8.00. The van der Waals surface area contributed by atoms with Crippen molar-refractivity contribution in [3.63, 3.8) is 0 Å². The van der Waals surface area contributed by atoms with E-state index in [9.17, 15) is 0 Å². The van der Waals surface area contributed by atoms with Crippen molar-refractivity contribution < 1.29 is 0 Å². The van der Waals surface area contributed by atoms with Crippen LogP contribution in [0.25, 0.3) is 0 Å². The SMILES string of the molecule is CN1CCN(C)C(CC(N)C2=CCCCCCC2)C1. The summed E-state index contributed by atoms with van der Waals surface area (Å²) in [5.41, 5.74) is 8.02. The number of allylic oxidation sites excluding steroid dienone is 1. The molecule has 1 heterocycles. The van der Waals surface area contributed by atoms with Crippen LogP contribution in [-0.2, 0) is 0 Å². The van der Waals surface area contributed by atoms with Gasteiger partial charge >= 0.3 is 0 Å². The second-order valence-corrected chi connectivity index (χ2v) is 6.47. The maximum atomic E-state index is 6.49. The summed E-state index contributed by atoms with van der Waals surface area (Å²) in [6, 6.07) is 0.900. The molecular weight excluding hydrogens is 234 g/mol. The highest BCUT2D eigenvalue weighted by Crippen LogP contribution is 2.22. The van der Waals surface area contributed by atoms with Gasteiger partial charge in [-0.3, -0.25) is 0 Å². The quantitative estimate of drug-likeness (QED) is 0.794. The monoisotopic (exact) mass is 265 g/mol. The smallest absolute Gasteiger partial charge is 0.0269 e. The maximum Gasteiger partial charge on any atom is 0.0269 e. The average Bonchev–Trinajstić information content (AvgIpc) is 2.33. The zero-order valence-electron chi connectivity index (χ0n) is 12.8. The number of piperazine rings is 1. The van der Waals surface area contributed by atoms with Gasteiger partial charge in [0.2, 0.25) is 0 Å². The number of nitrogens with two attached hydrogens (primary N) is 1. The van der Waals surface area contributed by atoms with Crippen LogP contribution in [0.15, 0.2) is 11.6 Å². The van der Waals surface area contributed by atoms with Crippen LogP contribution in [0.2, 0.25) is 0 Å². The molecule has 2 aliphatic rings. The highest BCUT2D eigenvalue weighted by atomic mass is 15.3. The van der Waals surface area contributed by atoms with E-state index >= 15 is 0 Å². The Morgan fingerprint density at radius 1 is 1.21 bits per heavy atom. The fourth-order valence-corrected chi connectivity index (χ4v) is 3.35. The predicted molar refractivity (Wildman–Crippen MR) is 82.3 cm³/mol. The zero-order chi connectivity index (χ0) is 13.7. The van der Waals surface area contributed by atoms with E-state index in [-0.39, 0.29) is 6.04 Å². The number of hydrogen-bond acceptors (Lipinski definition) is 3. The Bertz CT molecular complexity index is 300. The molecule has 0 spiro atoms. The molecule has 2 N–H and O–H groups in total. The van der Waals surface area contributed by atoms with E-state index in [1.165, 1.54) is 57.2 Å². The molecular formula is C16H31N3. The van der Waals surface area contributed by atoms with Crippen LogP contribution in [0.4, 0.5) is 0 Å². The summed E-state index contributed by atoms with van der Waals surface area (Å²) < 4.78 is 0. The van der Waals surface area contributed by atoms with Gasteiger partial charge in [0.1, 0.15) is 0 Å². The molecule has 3 heteroatoms. The van der Waals surface area contributed by atoms with Gasteiger partial charge in [0.05, 0.1) is 0 Å². The highest BCUT2D eigenvalue weighted by Gasteiger charge is 2.25. The minimum absolute atomic E-state index is 0.275. The van der Waals surface area contributed by atoms with E-state index in [1.807, 2.05) is 0 Å². The molecule has 0 aromatic heterocycles. The summed E-state index contributed by atoms with van der Waals surface area (Å²) >= 11 is 0. The first-order chi connectivity index (χ1) is 9.16. The molecule has 2 rings (SSSR count). The van der Waals surface area contributed by atoms with Crippen LogP contribution in [0.3, 0.4) is 0 Å². The standard InChI is InChI=1S/C16H31N3/c1-18-10-11-19(2)15(13-18)12-16(17)14-8-6-4-3-5-7-9-14/h8,15-16H,3-7,9-13,17H2,1-2H3. The second-order valence-electron chi connectivity index (χ2n) is 6.47. The normalized spacial score (nSPS) is 29.4. The van der Waals surface area contributed by atoms with Crippen molar-refractivity contribution in [3.8, 4) is 0 Å². The Balaban J connectivity index is 1.89. The second kappa shape index (κ2) is 7.41. The van der Waals surface area contributed by atoms with Gasteiger partial charge in [-0.2, -0.15) is 0 Å². The summed E-state index contributed by atoms with van der Waals surface area (Å²) in [5, 5.41) is 0. The van der Waals surface area contributed by atoms with Crippen LogP contribution < -0.4 is 5.73 Å². The fourth-order valence-electron chi connectivity index (χ4n) is 3.35. The van der Waals surface area contributed by atoms with E-state index in [0.29, 0.717) is 6.04 Å². The Morgan fingerprint density at radius 3 is 2.84 bits per heavy atom. The minimum Gasteiger partial charge on any atom is -0.324 e. The van der Waals surface area contributed by atoms with Crippen molar-refractivity contribution in [1.29, 1.82) is 0 Å². The van der Waals surface area contributed by atoms with E-state index in [4.69, 9.17) is 5.73 Å². The largest absolute Gasteiger partial charge is 0.324 e. The van der Waals surface area contributed by atoms with Crippen molar-refractivity contribution >= 4 is 0 Å².